The maximum absolute atomic E-state index is 15.1. The van der Waals surface area contributed by atoms with Crippen molar-refractivity contribution in [1.82, 2.24) is 5.32 Å². The number of benzene rings is 3. The number of allylic oxidation sites excluding steroid dienone is 2. The number of para-hydroxylation sites is 1. The van der Waals surface area contributed by atoms with Crippen LogP contribution in [0.3, 0.4) is 0 Å². The molecule has 0 radical (unpaired) electrons. The Bertz CT molecular complexity index is 1530. The van der Waals surface area contributed by atoms with Crippen molar-refractivity contribution in [2.24, 2.45) is 0 Å². The van der Waals surface area contributed by atoms with Crippen molar-refractivity contribution < 1.29 is 18.7 Å². The summed E-state index contributed by atoms with van der Waals surface area (Å²) in [7, 11) is 1.54. The van der Waals surface area contributed by atoms with Gasteiger partial charge in [0.05, 0.1) is 35.5 Å². The Morgan fingerprint density at radius 2 is 1.79 bits per heavy atom. The summed E-state index contributed by atoms with van der Waals surface area (Å²) >= 11 is 1.11. The average Bonchev–Trinajstić information content (AvgIpc) is 2.93. The Morgan fingerprint density at radius 3 is 2.51 bits per heavy atom. The number of anilines is 2. The second kappa shape index (κ2) is 12.3. The molecule has 39 heavy (non-hydrogen) atoms. The third kappa shape index (κ3) is 6.30. The van der Waals surface area contributed by atoms with Crippen molar-refractivity contribution >= 4 is 35.0 Å². The summed E-state index contributed by atoms with van der Waals surface area (Å²) < 4.78 is 20.3. The van der Waals surface area contributed by atoms with Crippen LogP contribution in [0.2, 0.25) is 0 Å². The lowest BCUT2D eigenvalue weighted by Gasteiger charge is -2.30. The number of ether oxygens (including phenoxy) is 1. The van der Waals surface area contributed by atoms with Gasteiger partial charge in [0.25, 0.3) is 5.91 Å². The molecule has 0 aromatic heterocycles. The van der Waals surface area contributed by atoms with Crippen LogP contribution < -0.4 is 20.7 Å². The molecule has 1 unspecified atom stereocenters. The van der Waals surface area contributed by atoms with Gasteiger partial charge < -0.3 is 20.7 Å². The SMILES string of the molecule is COc1cccc(NC(=O)CSC2=C(C#N)C(c3ccccc3F)C(C(=O)Nc3ccccc3C)=C(C)N2)c1. The number of hydrogen-bond acceptors (Lipinski definition) is 6. The van der Waals surface area contributed by atoms with Crippen LogP contribution in [0.25, 0.3) is 0 Å². The summed E-state index contributed by atoms with van der Waals surface area (Å²) in [5.74, 6) is -1.67. The molecule has 3 aromatic carbocycles. The van der Waals surface area contributed by atoms with Crippen molar-refractivity contribution in [3.05, 3.63) is 112 Å². The maximum Gasteiger partial charge on any atom is 0.254 e. The quantitative estimate of drug-likeness (QED) is 0.330. The fourth-order valence-corrected chi connectivity index (χ4v) is 5.18. The molecule has 1 aliphatic rings. The third-order valence-electron chi connectivity index (χ3n) is 6.20. The van der Waals surface area contributed by atoms with Crippen LogP contribution >= 0.6 is 11.8 Å². The predicted molar refractivity (Wildman–Crippen MR) is 152 cm³/mol. The lowest BCUT2D eigenvalue weighted by Crippen LogP contribution is -2.31. The second-order valence-electron chi connectivity index (χ2n) is 8.81. The summed E-state index contributed by atoms with van der Waals surface area (Å²) in [6.07, 6.45) is 0. The first-order valence-electron chi connectivity index (χ1n) is 12.1. The molecule has 2 amide bonds. The number of amides is 2. The Balaban J connectivity index is 1.64. The number of thioether (sulfide) groups is 1. The van der Waals surface area contributed by atoms with Crippen LogP contribution in [-0.2, 0) is 9.59 Å². The first-order chi connectivity index (χ1) is 18.8. The number of aryl methyl sites for hydroxylation is 1. The lowest BCUT2D eigenvalue weighted by molar-refractivity contribution is -0.114. The number of hydrogen-bond donors (Lipinski definition) is 3. The number of nitriles is 1. The van der Waals surface area contributed by atoms with Gasteiger partial charge in [-0.05, 0) is 43.7 Å². The van der Waals surface area contributed by atoms with E-state index in [1.807, 2.05) is 25.1 Å². The number of rotatable bonds is 8. The Hall–Kier alpha value is -4.55. The molecule has 0 aliphatic carbocycles. The molecule has 0 spiro atoms. The second-order valence-corrected chi connectivity index (χ2v) is 9.80. The van der Waals surface area contributed by atoms with E-state index in [0.717, 1.165) is 17.3 Å². The van der Waals surface area contributed by atoms with Gasteiger partial charge in [0.1, 0.15) is 11.6 Å². The zero-order valence-corrected chi connectivity index (χ0v) is 22.5. The van der Waals surface area contributed by atoms with Crippen LogP contribution in [0.15, 0.2) is 94.7 Å². The molecular weight excluding hydrogens is 515 g/mol. The van der Waals surface area contributed by atoms with Gasteiger partial charge in [-0.25, -0.2) is 4.39 Å². The van der Waals surface area contributed by atoms with Gasteiger partial charge in [-0.3, -0.25) is 9.59 Å². The van der Waals surface area contributed by atoms with Gasteiger partial charge in [0.2, 0.25) is 5.91 Å². The number of nitrogens with one attached hydrogen (secondary N) is 3. The molecule has 1 atom stereocenters. The molecule has 3 aromatic rings. The summed E-state index contributed by atoms with van der Waals surface area (Å²) in [5.41, 5.74) is 3.09. The highest BCUT2D eigenvalue weighted by Crippen LogP contribution is 2.42. The van der Waals surface area contributed by atoms with Crippen molar-refractivity contribution in [3.8, 4) is 11.8 Å². The molecule has 0 saturated carbocycles. The Morgan fingerprint density at radius 1 is 1.05 bits per heavy atom. The van der Waals surface area contributed by atoms with E-state index in [1.165, 1.54) is 6.07 Å². The van der Waals surface area contributed by atoms with Gasteiger partial charge in [0.15, 0.2) is 0 Å². The monoisotopic (exact) mass is 542 g/mol. The van der Waals surface area contributed by atoms with Gasteiger partial charge in [-0.1, -0.05) is 54.2 Å². The highest BCUT2D eigenvalue weighted by molar-refractivity contribution is 8.03. The highest BCUT2D eigenvalue weighted by Gasteiger charge is 2.36. The van der Waals surface area contributed by atoms with Crippen LogP contribution in [0.1, 0.15) is 24.0 Å². The minimum Gasteiger partial charge on any atom is -0.497 e. The van der Waals surface area contributed by atoms with E-state index in [1.54, 1.807) is 62.6 Å². The molecule has 0 saturated heterocycles. The predicted octanol–water partition coefficient (Wildman–Crippen LogP) is 5.85. The minimum absolute atomic E-state index is 0.0211. The molecule has 0 bridgehead atoms. The first kappa shape index (κ1) is 27.5. The lowest BCUT2D eigenvalue weighted by atomic mass is 9.82. The first-order valence-corrected chi connectivity index (χ1v) is 13.1. The zero-order chi connectivity index (χ0) is 27.9. The standard InChI is InChI=1S/C30H27FN4O3S/c1-18-9-4-7-14-25(18)35-29(37)27-19(2)33-30(23(16-32)28(27)22-12-5-6-13-24(22)31)39-17-26(36)34-20-10-8-11-21(15-20)38-3/h4-15,28,33H,17H2,1-3H3,(H,34,36)(H,35,37). The van der Waals surface area contributed by atoms with Crippen molar-refractivity contribution in [2.45, 2.75) is 19.8 Å². The van der Waals surface area contributed by atoms with Gasteiger partial charge in [-0.15, -0.1) is 0 Å². The fourth-order valence-electron chi connectivity index (χ4n) is 4.29. The van der Waals surface area contributed by atoms with E-state index < -0.39 is 17.6 Å². The summed E-state index contributed by atoms with van der Waals surface area (Å²) in [4.78, 5) is 26.3. The Kier molecular flexibility index (Phi) is 8.69. The van der Waals surface area contributed by atoms with E-state index in [-0.39, 0.29) is 28.4 Å². The third-order valence-corrected chi connectivity index (χ3v) is 7.22. The highest BCUT2D eigenvalue weighted by atomic mass is 32.2. The van der Waals surface area contributed by atoms with E-state index in [0.29, 0.717) is 27.9 Å². The molecule has 7 nitrogen and oxygen atoms in total. The molecule has 4 rings (SSSR count). The number of methoxy groups -OCH3 is 1. The number of carbonyl (C=O) groups is 2. The van der Waals surface area contributed by atoms with Gasteiger partial charge >= 0.3 is 0 Å². The molecule has 3 N–H and O–H groups in total. The van der Waals surface area contributed by atoms with Crippen LogP contribution in [0.5, 0.6) is 5.75 Å². The number of halogens is 1. The molecule has 9 heteroatoms. The number of dihydropyridines is 1. The van der Waals surface area contributed by atoms with E-state index in [4.69, 9.17) is 4.74 Å². The normalized spacial score (nSPS) is 14.8. The number of carbonyl (C=O) groups excluding carboxylic acids is 2. The maximum atomic E-state index is 15.1. The molecule has 1 aliphatic heterocycles. The van der Waals surface area contributed by atoms with Gasteiger partial charge in [0, 0.05) is 34.3 Å². The number of nitrogens with zero attached hydrogens (tertiary/aromatic N) is 1. The summed E-state index contributed by atoms with van der Waals surface area (Å²) in [6.45, 7) is 3.57. The van der Waals surface area contributed by atoms with Crippen LogP contribution in [0.4, 0.5) is 15.8 Å². The molecular formula is C30H27FN4O3S. The van der Waals surface area contributed by atoms with Crippen molar-refractivity contribution in [2.75, 3.05) is 23.5 Å². The molecule has 1 heterocycles. The molecule has 0 fully saturated rings. The van der Waals surface area contributed by atoms with E-state index in [2.05, 4.69) is 22.0 Å². The summed E-state index contributed by atoms with van der Waals surface area (Å²) in [5, 5.41) is 19.4. The van der Waals surface area contributed by atoms with E-state index >= 15 is 4.39 Å². The van der Waals surface area contributed by atoms with E-state index in [9.17, 15) is 14.9 Å². The minimum atomic E-state index is -0.967. The smallest absolute Gasteiger partial charge is 0.254 e. The summed E-state index contributed by atoms with van der Waals surface area (Å²) in [6, 6.07) is 22.5. The average molecular weight is 543 g/mol. The van der Waals surface area contributed by atoms with Crippen molar-refractivity contribution in [1.29, 1.82) is 5.26 Å². The largest absolute Gasteiger partial charge is 0.497 e. The van der Waals surface area contributed by atoms with Crippen LogP contribution in [0, 0.1) is 24.1 Å². The Labute approximate surface area is 230 Å². The molecule has 198 valence electrons. The van der Waals surface area contributed by atoms with Crippen LogP contribution in [-0.4, -0.2) is 24.7 Å². The zero-order valence-electron chi connectivity index (χ0n) is 21.7. The van der Waals surface area contributed by atoms with Crippen molar-refractivity contribution in [3.63, 3.8) is 0 Å². The topological polar surface area (TPSA) is 103 Å². The fraction of sp³-hybridized carbons (Fsp3) is 0.167. The van der Waals surface area contributed by atoms with Gasteiger partial charge in [-0.2, -0.15) is 5.26 Å².